The van der Waals surface area contributed by atoms with Crippen molar-refractivity contribution in [2.45, 2.75) is 24.8 Å². The molecule has 5 rings (SSSR count). The second kappa shape index (κ2) is 6.73. The average Bonchev–Trinajstić information content (AvgIpc) is 3.32. The number of carbonyl (C=O) groups is 3. The van der Waals surface area contributed by atoms with Crippen molar-refractivity contribution >= 4 is 23.5 Å². The molecule has 3 aromatic rings. The van der Waals surface area contributed by atoms with E-state index in [2.05, 4.69) is 26.1 Å². The first-order chi connectivity index (χ1) is 14.8. The van der Waals surface area contributed by atoms with Crippen LogP contribution >= 0.6 is 0 Å². The molecule has 0 bridgehead atoms. The summed E-state index contributed by atoms with van der Waals surface area (Å²) in [4.78, 5) is 40.3. The van der Waals surface area contributed by atoms with Crippen LogP contribution in [-0.2, 0) is 15.1 Å². The highest BCUT2D eigenvalue weighted by molar-refractivity contribution is 6.07. The Morgan fingerprint density at radius 1 is 1.13 bits per heavy atom. The molecule has 4 amide bonds. The largest absolute Gasteiger partial charge is 0.338 e. The molecule has 2 unspecified atom stereocenters. The fourth-order valence-electron chi connectivity index (χ4n) is 3.87. The van der Waals surface area contributed by atoms with Crippen LogP contribution in [0.2, 0.25) is 0 Å². The number of fused-ring (bicyclic) bond motifs is 1. The third-order valence-electron chi connectivity index (χ3n) is 5.54. The Kier molecular flexibility index (Phi) is 4.10. The number of halogens is 1. The van der Waals surface area contributed by atoms with Gasteiger partial charge in [0, 0.05) is 17.7 Å². The second-order valence-electron chi connectivity index (χ2n) is 7.61. The van der Waals surface area contributed by atoms with E-state index in [0.717, 1.165) is 0 Å². The van der Waals surface area contributed by atoms with E-state index in [4.69, 9.17) is 4.52 Å². The summed E-state index contributed by atoms with van der Waals surface area (Å²) in [5, 5.41) is 11.5. The maximum atomic E-state index is 13.6. The number of imide groups is 1. The molecule has 2 atom stereocenters. The van der Waals surface area contributed by atoms with Gasteiger partial charge >= 0.3 is 6.03 Å². The smallest absolute Gasteiger partial charge is 0.322 e. The molecule has 2 aliphatic heterocycles. The lowest BCUT2D eigenvalue weighted by Crippen LogP contribution is -2.40. The van der Waals surface area contributed by atoms with Crippen LogP contribution in [-0.4, -0.2) is 28.0 Å². The van der Waals surface area contributed by atoms with Crippen molar-refractivity contribution in [2.75, 3.05) is 5.32 Å². The van der Waals surface area contributed by atoms with Crippen LogP contribution in [0.3, 0.4) is 0 Å². The fraction of sp³-hybridized carbons (Fsp3) is 0.190. The summed E-state index contributed by atoms with van der Waals surface area (Å²) in [7, 11) is 0. The summed E-state index contributed by atoms with van der Waals surface area (Å²) in [6.45, 7) is 1.60. The molecule has 0 spiro atoms. The van der Waals surface area contributed by atoms with Crippen molar-refractivity contribution < 1.29 is 23.3 Å². The molecule has 31 heavy (non-hydrogen) atoms. The standard InChI is InChI=1S/C21H16FN5O4/c1-21(19(29)25-20(30)26-21)11-4-2-3-10(7-11)17-24-18(31-27-17)14-9-16(28)23-15-8-12(22)5-6-13(14)15/h2-8,14H,9H2,1H3,(H,23,28)(H2,25,26,29,30). The molecule has 0 aliphatic carbocycles. The quantitative estimate of drug-likeness (QED) is 0.558. The van der Waals surface area contributed by atoms with E-state index in [0.29, 0.717) is 22.4 Å². The van der Waals surface area contributed by atoms with Crippen LogP contribution in [0, 0.1) is 5.82 Å². The van der Waals surface area contributed by atoms with Crippen molar-refractivity contribution in [3.63, 3.8) is 0 Å². The number of urea groups is 1. The molecule has 10 heteroatoms. The number of nitrogens with zero attached hydrogens (tertiary/aromatic N) is 2. The number of anilines is 1. The minimum atomic E-state index is -1.22. The molecule has 3 N–H and O–H groups in total. The monoisotopic (exact) mass is 421 g/mol. The molecule has 2 aliphatic rings. The highest BCUT2D eigenvalue weighted by Crippen LogP contribution is 2.37. The van der Waals surface area contributed by atoms with Gasteiger partial charge in [0.25, 0.3) is 5.91 Å². The zero-order chi connectivity index (χ0) is 21.8. The van der Waals surface area contributed by atoms with Gasteiger partial charge in [-0.05, 0) is 36.2 Å². The maximum Gasteiger partial charge on any atom is 0.322 e. The third kappa shape index (κ3) is 3.12. The topological polar surface area (TPSA) is 126 Å². The Bertz CT molecular complexity index is 1260. The molecule has 1 aromatic heterocycles. The minimum Gasteiger partial charge on any atom is -0.338 e. The van der Waals surface area contributed by atoms with Crippen molar-refractivity contribution in [2.24, 2.45) is 0 Å². The van der Waals surface area contributed by atoms with E-state index in [9.17, 15) is 18.8 Å². The summed E-state index contributed by atoms with van der Waals surface area (Å²) in [6.07, 6.45) is 0.0879. The maximum absolute atomic E-state index is 13.6. The fourth-order valence-corrected chi connectivity index (χ4v) is 3.87. The predicted molar refractivity (Wildman–Crippen MR) is 105 cm³/mol. The lowest BCUT2D eigenvalue weighted by atomic mass is 9.90. The Labute approximate surface area is 175 Å². The first-order valence-corrected chi connectivity index (χ1v) is 9.51. The van der Waals surface area contributed by atoms with Crippen LogP contribution in [0.4, 0.5) is 14.9 Å². The van der Waals surface area contributed by atoms with Crippen LogP contribution < -0.4 is 16.0 Å². The number of aromatic nitrogens is 2. The highest BCUT2D eigenvalue weighted by atomic mass is 19.1. The van der Waals surface area contributed by atoms with Crippen molar-refractivity contribution in [3.05, 3.63) is 65.3 Å². The summed E-state index contributed by atoms with van der Waals surface area (Å²) in [5.41, 5.74) is 0.964. The normalized spacial score (nSPS) is 22.5. The Morgan fingerprint density at radius 3 is 2.74 bits per heavy atom. The second-order valence-corrected chi connectivity index (χ2v) is 7.61. The molecule has 0 saturated carbocycles. The Balaban J connectivity index is 1.49. The molecule has 1 saturated heterocycles. The van der Waals surface area contributed by atoms with E-state index in [1.165, 1.54) is 12.1 Å². The third-order valence-corrected chi connectivity index (χ3v) is 5.54. The minimum absolute atomic E-state index is 0.0879. The zero-order valence-corrected chi connectivity index (χ0v) is 16.2. The summed E-state index contributed by atoms with van der Waals surface area (Å²) in [6, 6.07) is 10.4. The van der Waals surface area contributed by atoms with Gasteiger partial charge in [0.15, 0.2) is 0 Å². The van der Waals surface area contributed by atoms with E-state index >= 15 is 0 Å². The molecular formula is C21H16FN5O4. The molecule has 2 aromatic carbocycles. The predicted octanol–water partition coefficient (Wildman–Crippen LogP) is 2.40. The van der Waals surface area contributed by atoms with Gasteiger partial charge in [-0.15, -0.1) is 0 Å². The summed E-state index contributed by atoms with van der Waals surface area (Å²) < 4.78 is 19.0. The van der Waals surface area contributed by atoms with Crippen molar-refractivity contribution in [1.29, 1.82) is 0 Å². The average molecular weight is 421 g/mol. The number of nitrogens with one attached hydrogen (secondary N) is 3. The van der Waals surface area contributed by atoms with Crippen molar-refractivity contribution in [3.8, 4) is 11.4 Å². The Hall–Kier alpha value is -4.08. The van der Waals surface area contributed by atoms with E-state index < -0.39 is 29.2 Å². The van der Waals surface area contributed by atoms with Gasteiger partial charge in [-0.25, -0.2) is 9.18 Å². The number of carbonyl (C=O) groups excluding carboxylic acids is 3. The van der Waals surface area contributed by atoms with Gasteiger partial charge in [-0.3, -0.25) is 14.9 Å². The molecule has 3 heterocycles. The molecular weight excluding hydrogens is 405 g/mol. The molecule has 0 radical (unpaired) electrons. The zero-order valence-electron chi connectivity index (χ0n) is 16.2. The molecule has 9 nitrogen and oxygen atoms in total. The van der Waals surface area contributed by atoms with E-state index in [-0.39, 0.29) is 24.0 Å². The number of benzene rings is 2. The molecule has 156 valence electrons. The van der Waals surface area contributed by atoms with Gasteiger partial charge in [-0.2, -0.15) is 4.98 Å². The van der Waals surface area contributed by atoms with Crippen molar-refractivity contribution in [1.82, 2.24) is 20.8 Å². The number of hydrogen-bond donors (Lipinski definition) is 3. The number of amides is 4. The highest BCUT2D eigenvalue weighted by Gasteiger charge is 2.43. The van der Waals surface area contributed by atoms with Crippen LogP contribution in [0.5, 0.6) is 0 Å². The first kappa shape index (κ1) is 18.9. The first-order valence-electron chi connectivity index (χ1n) is 9.51. The lowest BCUT2D eigenvalue weighted by Gasteiger charge is -2.22. The molecule has 1 fully saturated rings. The van der Waals surface area contributed by atoms with Gasteiger partial charge in [-0.1, -0.05) is 29.4 Å². The van der Waals surface area contributed by atoms with Gasteiger partial charge < -0.3 is 15.2 Å². The van der Waals surface area contributed by atoms with Gasteiger partial charge in [0.1, 0.15) is 11.4 Å². The van der Waals surface area contributed by atoms with Gasteiger partial charge in [0.05, 0.1) is 5.92 Å². The number of hydrogen-bond acceptors (Lipinski definition) is 6. The van der Waals surface area contributed by atoms with E-state index in [1.807, 2.05) is 0 Å². The van der Waals surface area contributed by atoms with Gasteiger partial charge in [0.2, 0.25) is 17.6 Å². The Morgan fingerprint density at radius 2 is 1.97 bits per heavy atom. The van der Waals surface area contributed by atoms with Crippen LogP contribution in [0.1, 0.15) is 36.3 Å². The summed E-state index contributed by atoms with van der Waals surface area (Å²) >= 11 is 0. The number of rotatable bonds is 3. The van der Waals surface area contributed by atoms with Crippen LogP contribution in [0.25, 0.3) is 11.4 Å². The summed E-state index contributed by atoms with van der Waals surface area (Å²) in [5.74, 6) is -1.22. The lowest BCUT2D eigenvalue weighted by molar-refractivity contribution is -0.123. The van der Waals surface area contributed by atoms with Crippen LogP contribution in [0.15, 0.2) is 47.0 Å². The SMILES string of the molecule is CC1(c2cccc(-c3noc(C4CC(=O)Nc5cc(F)ccc54)n3)c2)NC(=O)NC1=O. The van der Waals surface area contributed by atoms with E-state index in [1.54, 1.807) is 37.3 Å².